The van der Waals surface area contributed by atoms with E-state index in [4.69, 9.17) is 21.3 Å². The molecule has 0 saturated heterocycles. The van der Waals surface area contributed by atoms with Crippen molar-refractivity contribution in [3.8, 4) is 11.5 Å². The smallest absolute Gasteiger partial charge is 0.330 e. The molecule has 2 fully saturated rings. The Balaban J connectivity index is 1.44. The molecule has 2 aromatic rings. The third kappa shape index (κ3) is 4.64. The molecule has 36 heavy (non-hydrogen) atoms. The monoisotopic (exact) mass is 518 g/mol. The molecule has 5 rings (SSSR count). The van der Waals surface area contributed by atoms with Crippen LogP contribution in [0.1, 0.15) is 51.0 Å². The highest BCUT2D eigenvalue weighted by Gasteiger charge is 2.43. The van der Waals surface area contributed by atoms with Gasteiger partial charge in [-0.2, -0.15) is 4.98 Å². The number of carbonyl (C=O) groups is 1. The van der Waals surface area contributed by atoms with Crippen LogP contribution in [0.4, 0.5) is 26.6 Å². The molecule has 0 radical (unpaired) electrons. The minimum Gasteiger partial charge on any atom is -0.505 e. The standard InChI is InChI=1S/C25H32ClFN6O3/c1-4-36-19-11-18(34)21(27)22(20(19)26)32-13-14-12-28-24(29-15-5-7-16(8-6-15)31(2)3)30-23(14)33(25(32)35)17-9-10-17/h11-12,15-17,34H,4-10,13H2,1-3H3,(H,28,29,30). The van der Waals surface area contributed by atoms with Gasteiger partial charge in [0.25, 0.3) is 0 Å². The molecule has 0 bridgehead atoms. The molecular weight excluding hydrogens is 487 g/mol. The van der Waals surface area contributed by atoms with Crippen molar-refractivity contribution >= 4 is 35.1 Å². The minimum atomic E-state index is -0.969. The third-order valence-electron chi connectivity index (χ3n) is 7.20. The number of phenolic OH excluding ortho intramolecular Hbond substituents is 1. The molecular formula is C25H32ClFN6O3. The van der Waals surface area contributed by atoms with Crippen molar-refractivity contribution in [2.75, 3.05) is 35.8 Å². The van der Waals surface area contributed by atoms with Crippen molar-refractivity contribution in [1.29, 1.82) is 0 Å². The molecule has 3 aliphatic rings. The number of rotatable bonds is 7. The van der Waals surface area contributed by atoms with Crippen molar-refractivity contribution in [3.05, 3.63) is 28.7 Å². The summed E-state index contributed by atoms with van der Waals surface area (Å²) < 4.78 is 20.6. The fourth-order valence-corrected chi connectivity index (χ4v) is 5.38. The molecule has 11 heteroatoms. The second-order valence-electron chi connectivity index (χ2n) is 9.93. The molecule has 1 aliphatic heterocycles. The number of nitrogens with one attached hydrogen (secondary N) is 1. The number of amides is 2. The van der Waals surface area contributed by atoms with Crippen molar-refractivity contribution in [2.45, 2.75) is 70.1 Å². The summed E-state index contributed by atoms with van der Waals surface area (Å²) >= 11 is 6.46. The number of halogens is 2. The Morgan fingerprint density at radius 1 is 1.25 bits per heavy atom. The van der Waals surface area contributed by atoms with Gasteiger partial charge in [-0.1, -0.05) is 11.6 Å². The Labute approximate surface area is 215 Å². The zero-order valence-corrected chi connectivity index (χ0v) is 21.6. The fraction of sp³-hybridized carbons (Fsp3) is 0.560. The van der Waals surface area contributed by atoms with Gasteiger partial charge in [-0.15, -0.1) is 0 Å². The number of nitrogens with zero attached hydrogens (tertiary/aromatic N) is 5. The van der Waals surface area contributed by atoms with Crippen molar-refractivity contribution in [1.82, 2.24) is 14.9 Å². The van der Waals surface area contributed by atoms with Crippen molar-refractivity contribution < 1.29 is 19.0 Å². The van der Waals surface area contributed by atoms with Crippen LogP contribution in [0, 0.1) is 5.82 Å². The first-order chi connectivity index (χ1) is 17.3. The van der Waals surface area contributed by atoms with E-state index in [-0.39, 0.29) is 41.7 Å². The number of phenols is 1. The predicted molar refractivity (Wildman–Crippen MR) is 137 cm³/mol. The van der Waals surface area contributed by atoms with E-state index in [0.717, 1.165) is 44.6 Å². The summed E-state index contributed by atoms with van der Waals surface area (Å²) in [6.45, 7) is 2.05. The normalized spacial score (nSPS) is 22.1. The van der Waals surface area contributed by atoms with E-state index in [1.54, 1.807) is 18.0 Å². The molecule has 194 valence electrons. The van der Waals surface area contributed by atoms with Gasteiger partial charge in [0.05, 0.1) is 13.2 Å². The zero-order chi connectivity index (χ0) is 25.6. The lowest BCUT2D eigenvalue weighted by Gasteiger charge is -2.37. The molecule has 2 N–H and O–H groups in total. The van der Waals surface area contributed by atoms with Gasteiger partial charge < -0.3 is 20.1 Å². The Kier molecular flexibility index (Phi) is 6.82. The van der Waals surface area contributed by atoms with E-state index in [1.807, 2.05) is 0 Å². The van der Waals surface area contributed by atoms with Crippen LogP contribution in [0.5, 0.6) is 11.5 Å². The average molecular weight is 519 g/mol. The van der Waals surface area contributed by atoms with Crippen LogP contribution < -0.4 is 19.9 Å². The van der Waals surface area contributed by atoms with Gasteiger partial charge in [-0.25, -0.2) is 14.2 Å². The summed E-state index contributed by atoms with van der Waals surface area (Å²) in [6.07, 6.45) is 7.62. The molecule has 0 unspecified atom stereocenters. The number of hydrogen-bond donors (Lipinski definition) is 2. The van der Waals surface area contributed by atoms with Crippen LogP contribution in [-0.4, -0.2) is 64.8 Å². The van der Waals surface area contributed by atoms with Gasteiger partial charge in [0, 0.05) is 36.0 Å². The maximum atomic E-state index is 15.1. The quantitative estimate of drug-likeness (QED) is 0.545. The summed E-state index contributed by atoms with van der Waals surface area (Å²) in [7, 11) is 4.23. The first-order valence-corrected chi connectivity index (χ1v) is 12.9. The van der Waals surface area contributed by atoms with Crippen molar-refractivity contribution in [2.24, 2.45) is 0 Å². The largest absolute Gasteiger partial charge is 0.505 e. The summed E-state index contributed by atoms with van der Waals surface area (Å²) in [5.74, 6) is -0.448. The van der Waals surface area contributed by atoms with Crippen LogP contribution in [0.3, 0.4) is 0 Å². The highest BCUT2D eigenvalue weighted by Crippen LogP contribution is 2.46. The number of anilines is 3. The maximum Gasteiger partial charge on any atom is 0.330 e. The average Bonchev–Trinajstić information content (AvgIpc) is 3.69. The molecule has 0 atom stereocenters. The summed E-state index contributed by atoms with van der Waals surface area (Å²) in [5, 5.41) is 13.6. The van der Waals surface area contributed by atoms with Crippen LogP contribution in [0.15, 0.2) is 12.3 Å². The number of hydrogen-bond acceptors (Lipinski definition) is 7. The van der Waals surface area contributed by atoms with Crippen LogP contribution in [-0.2, 0) is 6.54 Å². The molecule has 2 amide bonds. The minimum absolute atomic E-state index is 0.0251. The first-order valence-electron chi connectivity index (χ1n) is 12.5. The lowest BCUT2D eigenvalue weighted by atomic mass is 9.91. The van der Waals surface area contributed by atoms with Crippen molar-refractivity contribution in [3.63, 3.8) is 0 Å². The lowest BCUT2D eigenvalue weighted by Crippen LogP contribution is -2.49. The van der Waals surface area contributed by atoms with Gasteiger partial charge >= 0.3 is 6.03 Å². The number of aromatic nitrogens is 2. The molecule has 1 aromatic heterocycles. The Bertz CT molecular complexity index is 1150. The SMILES string of the molecule is CCOc1cc(O)c(F)c(N2Cc3cnc(NC4CCC(N(C)C)CC4)nc3N(C3CC3)C2=O)c1Cl. The topological polar surface area (TPSA) is 94.1 Å². The Hall–Kier alpha value is -2.85. The first kappa shape index (κ1) is 24.8. The number of fused-ring (bicyclic) bond motifs is 1. The van der Waals surface area contributed by atoms with Gasteiger partial charge in [0.2, 0.25) is 5.95 Å². The number of ether oxygens (including phenoxy) is 1. The summed E-state index contributed by atoms with van der Waals surface area (Å²) in [5.41, 5.74) is 0.474. The molecule has 2 saturated carbocycles. The predicted octanol–water partition coefficient (Wildman–Crippen LogP) is 4.77. The Morgan fingerprint density at radius 3 is 2.61 bits per heavy atom. The number of aromatic hydroxyl groups is 1. The zero-order valence-electron chi connectivity index (χ0n) is 20.8. The third-order valence-corrected chi connectivity index (χ3v) is 7.57. The lowest BCUT2D eigenvalue weighted by molar-refractivity contribution is 0.221. The van der Waals surface area contributed by atoms with Crippen LogP contribution in [0.2, 0.25) is 5.02 Å². The molecule has 2 heterocycles. The second-order valence-corrected chi connectivity index (χ2v) is 10.3. The second kappa shape index (κ2) is 9.89. The number of benzene rings is 1. The fourth-order valence-electron chi connectivity index (χ4n) is 5.08. The van der Waals surface area contributed by atoms with Gasteiger partial charge in [0.1, 0.15) is 22.3 Å². The number of urea groups is 1. The summed E-state index contributed by atoms with van der Waals surface area (Å²) in [4.78, 5) is 28.0. The van der Waals surface area contributed by atoms with E-state index in [0.29, 0.717) is 23.4 Å². The molecule has 0 spiro atoms. The van der Waals surface area contributed by atoms with Gasteiger partial charge in [-0.3, -0.25) is 9.80 Å². The molecule has 1 aromatic carbocycles. The summed E-state index contributed by atoms with van der Waals surface area (Å²) in [6, 6.07) is 1.53. The van der Waals surface area contributed by atoms with Crippen LogP contribution >= 0.6 is 11.6 Å². The van der Waals surface area contributed by atoms with E-state index < -0.39 is 17.6 Å². The van der Waals surface area contributed by atoms with Gasteiger partial charge in [0.15, 0.2) is 11.6 Å². The maximum absolute atomic E-state index is 15.1. The van der Waals surface area contributed by atoms with E-state index >= 15 is 4.39 Å². The van der Waals surface area contributed by atoms with E-state index in [2.05, 4.69) is 29.3 Å². The van der Waals surface area contributed by atoms with E-state index in [9.17, 15) is 9.90 Å². The van der Waals surface area contributed by atoms with Crippen LogP contribution in [0.25, 0.3) is 0 Å². The highest BCUT2D eigenvalue weighted by atomic mass is 35.5. The number of carbonyl (C=O) groups excluding carboxylic acids is 1. The van der Waals surface area contributed by atoms with Gasteiger partial charge in [-0.05, 0) is 59.5 Å². The Morgan fingerprint density at radius 2 is 1.97 bits per heavy atom. The molecule has 2 aliphatic carbocycles. The highest BCUT2D eigenvalue weighted by molar-refractivity contribution is 6.35. The van der Waals surface area contributed by atoms with E-state index in [1.165, 1.54) is 4.90 Å². The molecule has 9 nitrogen and oxygen atoms in total.